The Morgan fingerprint density at radius 3 is 2.52 bits per heavy atom. The lowest BCUT2D eigenvalue weighted by Crippen LogP contribution is -2.22. The van der Waals surface area contributed by atoms with Crippen molar-refractivity contribution in [3.63, 3.8) is 0 Å². The van der Waals surface area contributed by atoms with E-state index in [1.165, 1.54) is 13.2 Å². The van der Waals surface area contributed by atoms with Gasteiger partial charge in [0.1, 0.15) is 0 Å². The van der Waals surface area contributed by atoms with E-state index >= 15 is 0 Å². The quantitative estimate of drug-likeness (QED) is 0.849. The molecule has 2 rings (SSSR count). The van der Waals surface area contributed by atoms with E-state index in [-0.39, 0.29) is 17.6 Å². The SMILES string of the molecule is CCNC(c1cc(C)cc(Br)c1)c1ccc(OC)c(F)c1. The Labute approximate surface area is 133 Å². The molecule has 1 unspecified atom stereocenters. The van der Waals surface area contributed by atoms with Crippen molar-refractivity contribution < 1.29 is 9.13 Å². The molecule has 21 heavy (non-hydrogen) atoms. The fraction of sp³-hybridized carbons (Fsp3) is 0.294. The molecule has 1 N–H and O–H groups in total. The van der Waals surface area contributed by atoms with Gasteiger partial charge in [-0.05, 0) is 54.4 Å². The first-order valence-electron chi connectivity index (χ1n) is 6.89. The zero-order valence-corrected chi connectivity index (χ0v) is 14.0. The van der Waals surface area contributed by atoms with E-state index in [9.17, 15) is 4.39 Å². The van der Waals surface area contributed by atoms with Gasteiger partial charge in [-0.3, -0.25) is 0 Å². The Kier molecular flexibility index (Phi) is 5.37. The first kappa shape index (κ1) is 16.0. The summed E-state index contributed by atoms with van der Waals surface area (Å²) in [6, 6.07) is 11.3. The van der Waals surface area contributed by atoms with Gasteiger partial charge in [0.2, 0.25) is 0 Å². The fourth-order valence-corrected chi connectivity index (χ4v) is 3.05. The molecule has 0 aliphatic rings. The van der Waals surface area contributed by atoms with Crippen LogP contribution in [0.5, 0.6) is 5.75 Å². The maximum absolute atomic E-state index is 14.0. The molecule has 0 saturated heterocycles. The third-order valence-electron chi connectivity index (χ3n) is 3.32. The summed E-state index contributed by atoms with van der Waals surface area (Å²) < 4.78 is 20.0. The lowest BCUT2D eigenvalue weighted by atomic mass is 9.97. The van der Waals surface area contributed by atoms with Crippen LogP contribution in [0.1, 0.15) is 29.7 Å². The van der Waals surface area contributed by atoms with Gasteiger partial charge in [0.25, 0.3) is 0 Å². The number of hydrogen-bond acceptors (Lipinski definition) is 2. The number of hydrogen-bond donors (Lipinski definition) is 1. The molecule has 0 aromatic heterocycles. The first-order valence-corrected chi connectivity index (χ1v) is 7.68. The van der Waals surface area contributed by atoms with E-state index in [1.54, 1.807) is 6.07 Å². The molecule has 2 aromatic rings. The third-order valence-corrected chi connectivity index (χ3v) is 3.77. The zero-order chi connectivity index (χ0) is 15.4. The number of halogens is 2. The molecule has 0 spiro atoms. The van der Waals surface area contributed by atoms with Crippen LogP contribution in [0.3, 0.4) is 0 Å². The predicted octanol–water partition coefficient (Wildman–Crippen LogP) is 4.60. The third kappa shape index (κ3) is 3.83. The van der Waals surface area contributed by atoms with Gasteiger partial charge < -0.3 is 10.1 Å². The molecule has 0 saturated carbocycles. The molecule has 0 heterocycles. The van der Waals surface area contributed by atoms with Crippen molar-refractivity contribution in [2.24, 2.45) is 0 Å². The van der Waals surface area contributed by atoms with Crippen molar-refractivity contribution >= 4 is 15.9 Å². The van der Waals surface area contributed by atoms with Crippen molar-refractivity contribution in [2.75, 3.05) is 13.7 Å². The zero-order valence-electron chi connectivity index (χ0n) is 12.4. The molecule has 0 aliphatic carbocycles. The number of rotatable bonds is 5. The minimum atomic E-state index is -0.343. The van der Waals surface area contributed by atoms with Crippen LogP contribution in [0.15, 0.2) is 40.9 Å². The second kappa shape index (κ2) is 7.05. The summed E-state index contributed by atoms with van der Waals surface area (Å²) in [7, 11) is 1.47. The van der Waals surface area contributed by atoms with Gasteiger partial charge in [0.05, 0.1) is 13.2 Å². The van der Waals surface area contributed by atoms with E-state index < -0.39 is 0 Å². The van der Waals surface area contributed by atoms with E-state index in [2.05, 4.69) is 39.4 Å². The molecule has 0 bridgehead atoms. The van der Waals surface area contributed by atoms with Crippen LogP contribution in [0, 0.1) is 12.7 Å². The average Bonchev–Trinajstić information content (AvgIpc) is 2.43. The molecule has 0 radical (unpaired) electrons. The maximum Gasteiger partial charge on any atom is 0.165 e. The molecule has 0 aliphatic heterocycles. The summed E-state index contributed by atoms with van der Waals surface area (Å²) in [6.07, 6.45) is 0. The van der Waals surface area contributed by atoms with Crippen LogP contribution in [-0.2, 0) is 0 Å². The van der Waals surface area contributed by atoms with Crippen molar-refractivity contribution in [3.05, 3.63) is 63.4 Å². The highest BCUT2D eigenvalue weighted by atomic mass is 79.9. The van der Waals surface area contributed by atoms with Crippen molar-refractivity contribution in [3.8, 4) is 5.75 Å². The lowest BCUT2D eigenvalue weighted by molar-refractivity contribution is 0.385. The molecule has 4 heteroatoms. The summed E-state index contributed by atoms with van der Waals surface area (Å²) in [4.78, 5) is 0. The summed E-state index contributed by atoms with van der Waals surface area (Å²) in [5, 5.41) is 3.41. The minimum Gasteiger partial charge on any atom is -0.494 e. The molecule has 112 valence electrons. The Hall–Kier alpha value is -1.39. The van der Waals surface area contributed by atoms with E-state index in [0.717, 1.165) is 27.7 Å². The number of methoxy groups -OCH3 is 1. The Bertz CT molecular complexity index is 610. The number of aryl methyl sites for hydroxylation is 1. The minimum absolute atomic E-state index is 0.0494. The Balaban J connectivity index is 2.45. The second-order valence-electron chi connectivity index (χ2n) is 4.95. The summed E-state index contributed by atoms with van der Waals surface area (Å²) in [5.41, 5.74) is 3.15. The molecule has 1 atom stereocenters. The lowest BCUT2D eigenvalue weighted by Gasteiger charge is -2.20. The summed E-state index contributed by atoms with van der Waals surface area (Å²) in [5.74, 6) is -0.0796. The van der Waals surface area contributed by atoms with Gasteiger partial charge in [0, 0.05) is 4.47 Å². The standard InChI is InChI=1S/C17H19BrFNO/c1-4-20-17(13-7-11(2)8-14(18)9-13)12-5-6-16(21-3)15(19)10-12/h5-10,17,20H,4H2,1-3H3. The molecule has 0 amide bonds. The topological polar surface area (TPSA) is 21.3 Å². The average molecular weight is 352 g/mol. The molecule has 0 fully saturated rings. The number of ether oxygens (including phenoxy) is 1. The van der Waals surface area contributed by atoms with E-state index in [4.69, 9.17) is 4.74 Å². The monoisotopic (exact) mass is 351 g/mol. The highest BCUT2D eigenvalue weighted by molar-refractivity contribution is 9.10. The molecule has 2 nitrogen and oxygen atoms in total. The van der Waals surface area contributed by atoms with Crippen LogP contribution in [-0.4, -0.2) is 13.7 Å². The van der Waals surface area contributed by atoms with Gasteiger partial charge in [-0.15, -0.1) is 0 Å². The summed E-state index contributed by atoms with van der Waals surface area (Å²) >= 11 is 3.52. The van der Waals surface area contributed by atoms with Gasteiger partial charge in [-0.1, -0.05) is 35.0 Å². The fourth-order valence-electron chi connectivity index (χ4n) is 2.43. The van der Waals surface area contributed by atoms with E-state index in [0.29, 0.717) is 0 Å². The normalized spacial score (nSPS) is 12.2. The van der Waals surface area contributed by atoms with Gasteiger partial charge in [-0.25, -0.2) is 4.39 Å². The second-order valence-corrected chi connectivity index (χ2v) is 5.86. The highest BCUT2D eigenvalue weighted by Crippen LogP contribution is 2.28. The molecular weight excluding hydrogens is 333 g/mol. The van der Waals surface area contributed by atoms with Gasteiger partial charge in [-0.2, -0.15) is 0 Å². The Morgan fingerprint density at radius 2 is 1.95 bits per heavy atom. The smallest absolute Gasteiger partial charge is 0.165 e. The molecular formula is C17H19BrFNO. The van der Waals surface area contributed by atoms with Crippen molar-refractivity contribution in [1.29, 1.82) is 0 Å². The van der Waals surface area contributed by atoms with Crippen molar-refractivity contribution in [2.45, 2.75) is 19.9 Å². The van der Waals surface area contributed by atoms with Crippen LogP contribution >= 0.6 is 15.9 Å². The predicted molar refractivity (Wildman–Crippen MR) is 87.4 cm³/mol. The highest BCUT2D eigenvalue weighted by Gasteiger charge is 2.16. The Morgan fingerprint density at radius 1 is 1.19 bits per heavy atom. The van der Waals surface area contributed by atoms with Crippen molar-refractivity contribution in [1.82, 2.24) is 5.32 Å². The van der Waals surface area contributed by atoms with Crippen LogP contribution < -0.4 is 10.1 Å². The van der Waals surface area contributed by atoms with Gasteiger partial charge >= 0.3 is 0 Å². The van der Waals surface area contributed by atoms with E-state index in [1.807, 2.05) is 19.9 Å². The number of benzene rings is 2. The number of nitrogens with one attached hydrogen (secondary N) is 1. The van der Waals surface area contributed by atoms with Crippen LogP contribution in [0.25, 0.3) is 0 Å². The van der Waals surface area contributed by atoms with Crippen LogP contribution in [0.4, 0.5) is 4.39 Å². The maximum atomic E-state index is 14.0. The van der Waals surface area contributed by atoms with Crippen LogP contribution in [0.2, 0.25) is 0 Å². The first-order chi connectivity index (χ1) is 10.0. The molecule has 2 aromatic carbocycles. The van der Waals surface area contributed by atoms with Gasteiger partial charge in [0.15, 0.2) is 11.6 Å². The largest absolute Gasteiger partial charge is 0.494 e. The summed E-state index contributed by atoms with van der Waals surface area (Å²) in [6.45, 7) is 4.88.